The van der Waals surface area contributed by atoms with Crippen LogP contribution in [0.5, 0.6) is 0 Å². The van der Waals surface area contributed by atoms with E-state index in [1.165, 1.54) is 12.1 Å². The van der Waals surface area contributed by atoms with Gasteiger partial charge in [-0.15, -0.1) is 0 Å². The first-order chi connectivity index (χ1) is 13.9. The maximum Gasteiger partial charge on any atom is 0.240 e. The maximum atomic E-state index is 12.4. The predicted octanol–water partition coefficient (Wildman–Crippen LogP) is 2.83. The summed E-state index contributed by atoms with van der Waals surface area (Å²) in [6, 6.07) is 6.13. The minimum absolute atomic E-state index is 0.0207. The van der Waals surface area contributed by atoms with Gasteiger partial charge in [0, 0.05) is 43.0 Å². The molecule has 0 bridgehead atoms. The average Bonchev–Trinajstić information content (AvgIpc) is 3.24. The van der Waals surface area contributed by atoms with Crippen molar-refractivity contribution in [3.05, 3.63) is 48.0 Å². The number of hydrogen-bond acceptors (Lipinski definition) is 4. The van der Waals surface area contributed by atoms with Crippen LogP contribution < -0.4 is 10.0 Å². The lowest BCUT2D eigenvalue weighted by Gasteiger charge is -2.27. The monoisotopic (exact) mass is 438 g/mol. The Labute approximate surface area is 176 Å². The summed E-state index contributed by atoms with van der Waals surface area (Å²) in [6.45, 7) is 1.88. The lowest BCUT2D eigenvalue weighted by atomic mass is 9.81. The molecule has 1 aromatic carbocycles. The van der Waals surface area contributed by atoms with E-state index >= 15 is 0 Å². The molecule has 1 heterocycles. The minimum Gasteiger partial charge on any atom is -0.356 e. The number of imidazole rings is 1. The van der Waals surface area contributed by atoms with Crippen molar-refractivity contribution in [2.24, 2.45) is 11.8 Å². The van der Waals surface area contributed by atoms with Crippen LogP contribution in [0.25, 0.3) is 0 Å². The summed E-state index contributed by atoms with van der Waals surface area (Å²) in [7, 11) is -3.53. The quantitative estimate of drug-likeness (QED) is 0.588. The number of aromatic nitrogens is 2. The molecule has 0 saturated heterocycles. The average molecular weight is 439 g/mol. The molecule has 0 radical (unpaired) electrons. The van der Waals surface area contributed by atoms with Crippen LogP contribution in [0.1, 0.15) is 32.1 Å². The van der Waals surface area contributed by atoms with E-state index in [9.17, 15) is 13.2 Å². The fourth-order valence-corrected chi connectivity index (χ4v) is 4.83. The van der Waals surface area contributed by atoms with Gasteiger partial charge in [0.1, 0.15) is 0 Å². The molecule has 1 aliphatic carbocycles. The highest BCUT2D eigenvalue weighted by atomic mass is 35.5. The molecule has 1 saturated carbocycles. The van der Waals surface area contributed by atoms with E-state index < -0.39 is 10.0 Å². The van der Waals surface area contributed by atoms with Crippen LogP contribution in [0.2, 0.25) is 5.02 Å². The molecule has 0 unspecified atom stereocenters. The number of nitrogens with zero attached hydrogens (tertiary/aromatic N) is 2. The van der Waals surface area contributed by atoms with E-state index in [1.807, 2.05) is 10.8 Å². The molecule has 0 spiro atoms. The molecule has 7 nitrogen and oxygen atoms in total. The third-order valence-electron chi connectivity index (χ3n) is 5.36. The Morgan fingerprint density at radius 3 is 2.55 bits per heavy atom. The fourth-order valence-electron chi connectivity index (χ4n) is 3.59. The van der Waals surface area contributed by atoms with E-state index in [0.717, 1.165) is 38.6 Å². The Bertz CT molecular complexity index is 877. The molecule has 158 valence electrons. The molecule has 2 aromatic rings. The summed E-state index contributed by atoms with van der Waals surface area (Å²) in [5.41, 5.74) is 0. The van der Waals surface area contributed by atoms with Gasteiger partial charge >= 0.3 is 0 Å². The number of halogens is 1. The normalized spacial score (nSPS) is 19.8. The maximum absolute atomic E-state index is 12.4. The summed E-state index contributed by atoms with van der Waals surface area (Å²) >= 11 is 5.81. The zero-order valence-electron chi connectivity index (χ0n) is 16.3. The summed E-state index contributed by atoms with van der Waals surface area (Å²) in [5.74, 6) is 0.380. The van der Waals surface area contributed by atoms with Gasteiger partial charge in [0.05, 0.1) is 11.2 Å². The first kappa shape index (κ1) is 21.8. The first-order valence-corrected chi connectivity index (χ1v) is 11.8. The van der Waals surface area contributed by atoms with Gasteiger partial charge in [0.15, 0.2) is 0 Å². The Kier molecular flexibility index (Phi) is 7.69. The van der Waals surface area contributed by atoms with Gasteiger partial charge < -0.3 is 9.88 Å². The van der Waals surface area contributed by atoms with Gasteiger partial charge in [0.25, 0.3) is 0 Å². The van der Waals surface area contributed by atoms with Crippen LogP contribution in [0.4, 0.5) is 0 Å². The molecular formula is C20H27ClN4O3S. The largest absolute Gasteiger partial charge is 0.356 e. The molecule has 1 amide bonds. The molecule has 2 N–H and O–H groups in total. The van der Waals surface area contributed by atoms with Gasteiger partial charge in [0.2, 0.25) is 15.9 Å². The zero-order valence-corrected chi connectivity index (χ0v) is 17.8. The zero-order chi connectivity index (χ0) is 20.7. The summed E-state index contributed by atoms with van der Waals surface area (Å²) < 4.78 is 29.4. The van der Waals surface area contributed by atoms with Gasteiger partial charge in [-0.25, -0.2) is 18.1 Å². The van der Waals surface area contributed by atoms with Crippen LogP contribution in [0.3, 0.4) is 0 Å². The molecule has 1 aromatic heterocycles. The number of carbonyl (C=O) groups excluding carboxylic acids is 1. The lowest BCUT2D eigenvalue weighted by molar-refractivity contribution is -0.126. The van der Waals surface area contributed by atoms with E-state index in [4.69, 9.17) is 11.6 Å². The SMILES string of the molecule is O=C(NCCCn1ccnc1)C1CCC(CNS(=O)(=O)c2ccc(Cl)cc2)CC1. The van der Waals surface area contributed by atoms with Crippen molar-refractivity contribution in [3.8, 4) is 0 Å². The van der Waals surface area contributed by atoms with E-state index in [0.29, 0.717) is 18.1 Å². The molecule has 3 rings (SSSR count). The van der Waals surface area contributed by atoms with E-state index in [1.54, 1.807) is 24.7 Å². The number of aryl methyl sites for hydroxylation is 1. The molecule has 0 aliphatic heterocycles. The van der Waals surface area contributed by atoms with Crippen molar-refractivity contribution in [3.63, 3.8) is 0 Å². The van der Waals surface area contributed by atoms with Crippen LogP contribution >= 0.6 is 11.6 Å². The summed E-state index contributed by atoms with van der Waals surface area (Å²) in [6.07, 6.45) is 9.55. The fraction of sp³-hybridized carbons (Fsp3) is 0.500. The van der Waals surface area contributed by atoms with Crippen LogP contribution in [0, 0.1) is 11.8 Å². The van der Waals surface area contributed by atoms with Crippen molar-refractivity contribution < 1.29 is 13.2 Å². The van der Waals surface area contributed by atoms with Crippen LogP contribution in [-0.2, 0) is 21.4 Å². The molecule has 0 atom stereocenters. The molecular weight excluding hydrogens is 412 g/mol. The van der Waals surface area contributed by atoms with Crippen LogP contribution in [-0.4, -0.2) is 37.0 Å². The van der Waals surface area contributed by atoms with Gasteiger partial charge in [-0.1, -0.05) is 11.6 Å². The highest BCUT2D eigenvalue weighted by Gasteiger charge is 2.27. The smallest absolute Gasteiger partial charge is 0.240 e. The highest BCUT2D eigenvalue weighted by molar-refractivity contribution is 7.89. The second-order valence-corrected chi connectivity index (χ2v) is 9.67. The second-order valence-electron chi connectivity index (χ2n) is 7.47. The third kappa shape index (κ3) is 6.55. The van der Waals surface area contributed by atoms with Gasteiger partial charge in [-0.2, -0.15) is 0 Å². The number of nitrogens with one attached hydrogen (secondary N) is 2. The first-order valence-electron chi connectivity index (χ1n) is 9.93. The molecule has 29 heavy (non-hydrogen) atoms. The standard InChI is InChI=1S/C20H27ClN4O3S/c21-18-6-8-19(9-7-18)29(27,28)24-14-16-2-4-17(5-3-16)20(26)23-10-1-12-25-13-11-22-15-25/h6-9,11,13,15-17,24H,1-5,10,12,14H2,(H,23,26). The van der Waals surface area contributed by atoms with Crippen LogP contribution in [0.15, 0.2) is 47.9 Å². The Balaban J connectivity index is 1.35. The number of rotatable bonds is 9. The number of benzene rings is 1. The van der Waals surface area contributed by atoms with Gasteiger partial charge in [-0.05, 0) is 62.3 Å². The molecule has 9 heteroatoms. The Morgan fingerprint density at radius 2 is 1.90 bits per heavy atom. The number of sulfonamides is 1. The van der Waals surface area contributed by atoms with Crippen molar-refractivity contribution in [1.82, 2.24) is 19.6 Å². The summed E-state index contributed by atoms with van der Waals surface area (Å²) in [4.78, 5) is 16.6. The minimum atomic E-state index is -3.53. The van der Waals surface area contributed by atoms with Crippen molar-refractivity contribution in [2.75, 3.05) is 13.1 Å². The number of hydrogen-bond donors (Lipinski definition) is 2. The number of amides is 1. The van der Waals surface area contributed by atoms with Crippen molar-refractivity contribution >= 4 is 27.5 Å². The van der Waals surface area contributed by atoms with E-state index in [2.05, 4.69) is 15.0 Å². The van der Waals surface area contributed by atoms with Crippen molar-refractivity contribution in [1.29, 1.82) is 0 Å². The van der Waals surface area contributed by atoms with E-state index in [-0.39, 0.29) is 22.6 Å². The third-order valence-corrected chi connectivity index (χ3v) is 7.05. The van der Waals surface area contributed by atoms with Crippen molar-refractivity contribution in [2.45, 2.75) is 43.5 Å². The summed E-state index contributed by atoms with van der Waals surface area (Å²) in [5, 5.41) is 3.52. The Hall–Kier alpha value is -1.90. The molecule has 1 aliphatic rings. The molecule has 1 fully saturated rings. The van der Waals surface area contributed by atoms with Gasteiger partial charge in [-0.3, -0.25) is 4.79 Å². The lowest BCUT2D eigenvalue weighted by Crippen LogP contribution is -2.36. The Morgan fingerprint density at radius 1 is 1.17 bits per heavy atom. The number of carbonyl (C=O) groups is 1. The highest BCUT2D eigenvalue weighted by Crippen LogP contribution is 2.29. The second kappa shape index (κ2) is 10.2. The topological polar surface area (TPSA) is 93.1 Å². The predicted molar refractivity (Wildman–Crippen MR) is 112 cm³/mol.